The summed E-state index contributed by atoms with van der Waals surface area (Å²) in [5.41, 5.74) is 0.599. The van der Waals surface area contributed by atoms with Gasteiger partial charge < -0.3 is 5.32 Å². The topological polar surface area (TPSA) is 37.8 Å². The molecular weight excluding hydrogens is 273 g/mol. The van der Waals surface area contributed by atoms with Crippen molar-refractivity contribution in [3.05, 3.63) is 45.7 Å². The van der Waals surface area contributed by atoms with Crippen LogP contribution in [0.15, 0.2) is 24.4 Å². The minimum Gasteiger partial charge on any atom is -0.309 e. The summed E-state index contributed by atoms with van der Waals surface area (Å²) in [7, 11) is 0. The SMILES string of the molecule is CCNC(Cc1cccc(Cl)c1F)c1cnns1. The number of rotatable bonds is 5. The van der Waals surface area contributed by atoms with Crippen molar-refractivity contribution in [2.75, 3.05) is 6.54 Å². The Bertz CT molecular complexity index is 504. The van der Waals surface area contributed by atoms with Gasteiger partial charge in [0, 0.05) is 6.04 Å². The number of likely N-dealkylation sites (N-methyl/N-ethyl adjacent to an activating group) is 1. The maximum atomic E-state index is 13.9. The molecular formula is C12H13ClFN3S. The van der Waals surface area contributed by atoms with E-state index in [9.17, 15) is 4.39 Å². The number of halogens is 2. The molecule has 2 aromatic rings. The minimum atomic E-state index is -0.348. The normalized spacial score (nSPS) is 12.6. The molecule has 1 aromatic carbocycles. The first kappa shape index (κ1) is 13.4. The van der Waals surface area contributed by atoms with E-state index in [1.807, 2.05) is 6.92 Å². The Balaban J connectivity index is 2.21. The van der Waals surface area contributed by atoms with Gasteiger partial charge in [-0.15, -0.1) is 5.10 Å². The highest BCUT2D eigenvalue weighted by Gasteiger charge is 2.16. The van der Waals surface area contributed by atoms with E-state index in [0.29, 0.717) is 12.0 Å². The van der Waals surface area contributed by atoms with Gasteiger partial charge >= 0.3 is 0 Å². The second kappa shape index (κ2) is 6.22. The second-order valence-electron chi connectivity index (χ2n) is 3.85. The quantitative estimate of drug-likeness (QED) is 0.916. The smallest absolute Gasteiger partial charge is 0.145 e. The van der Waals surface area contributed by atoms with Crippen molar-refractivity contribution in [2.24, 2.45) is 0 Å². The molecule has 1 atom stereocenters. The molecule has 96 valence electrons. The van der Waals surface area contributed by atoms with Gasteiger partial charge in [-0.3, -0.25) is 0 Å². The van der Waals surface area contributed by atoms with Gasteiger partial charge in [0.25, 0.3) is 0 Å². The number of hydrogen-bond acceptors (Lipinski definition) is 4. The first-order chi connectivity index (χ1) is 8.72. The van der Waals surface area contributed by atoms with Crippen molar-refractivity contribution in [3.8, 4) is 0 Å². The highest BCUT2D eigenvalue weighted by molar-refractivity contribution is 7.05. The van der Waals surface area contributed by atoms with Crippen LogP contribution in [0.4, 0.5) is 4.39 Å². The number of nitrogens with one attached hydrogen (secondary N) is 1. The van der Waals surface area contributed by atoms with Gasteiger partial charge in [0.05, 0.1) is 16.1 Å². The summed E-state index contributed by atoms with van der Waals surface area (Å²) in [6, 6.07) is 5.08. The summed E-state index contributed by atoms with van der Waals surface area (Å²) in [6.07, 6.45) is 2.24. The van der Waals surface area contributed by atoms with Crippen molar-refractivity contribution in [3.63, 3.8) is 0 Å². The van der Waals surface area contributed by atoms with E-state index in [1.165, 1.54) is 11.5 Å². The average molecular weight is 286 g/mol. The molecule has 6 heteroatoms. The summed E-state index contributed by atoms with van der Waals surface area (Å²) in [5.74, 6) is -0.348. The van der Waals surface area contributed by atoms with Gasteiger partial charge in [0.2, 0.25) is 0 Å². The fraction of sp³-hybridized carbons (Fsp3) is 0.333. The van der Waals surface area contributed by atoms with Crippen LogP contribution in [-0.4, -0.2) is 16.1 Å². The van der Waals surface area contributed by atoms with E-state index < -0.39 is 0 Å². The highest BCUT2D eigenvalue weighted by Crippen LogP contribution is 2.24. The molecule has 18 heavy (non-hydrogen) atoms. The first-order valence-corrected chi connectivity index (χ1v) is 6.81. The Kier molecular flexibility index (Phi) is 4.63. The third-order valence-corrected chi connectivity index (χ3v) is 3.70. The number of hydrogen-bond donors (Lipinski definition) is 1. The van der Waals surface area contributed by atoms with E-state index in [2.05, 4.69) is 14.9 Å². The summed E-state index contributed by atoms with van der Waals surface area (Å²) < 4.78 is 17.7. The van der Waals surface area contributed by atoms with Gasteiger partial charge in [0.1, 0.15) is 5.82 Å². The zero-order valence-electron chi connectivity index (χ0n) is 9.86. The van der Waals surface area contributed by atoms with E-state index in [0.717, 1.165) is 11.4 Å². The maximum absolute atomic E-state index is 13.9. The molecule has 0 aliphatic heterocycles. The molecule has 0 radical (unpaired) electrons. The van der Waals surface area contributed by atoms with Crippen molar-refractivity contribution in [1.29, 1.82) is 0 Å². The summed E-state index contributed by atoms with van der Waals surface area (Å²) in [6.45, 7) is 2.81. The van der Waals surface area contributed by atoms with Crippen molar-refractivity contribution >= 4 is 23.1 Å². The molecule has 0 aliphatic carbocycles. The summed E-state index contributed by atoms with van der Waals surface area (Å²) >= 11 is 7.10. The van der Waals surface area contributed by atoms with Gasteiger partial charge in [-0.1, -0.05) is 35.1 Å². The Labute approximate surface area is 114 Å². The molecule has 0 bridgehead atoms. The number of benzene rings is 1. The molecule has 3 nitrogen and oxygen atoms in total. The van der Waals surface area contributed by atoms with Gasteiger partial charge in [-0.25, -0.2) is 4.39 Å². The van der Waals surface area contributed by atoms with E-state index >= 15 is 0 Å². The molecule has 0 aliphatic rings. The van der Waals surface area contributed by atoms with Gasteiger partial charge in [-0.2, -0.15) is 0 Å². The zero-order chi connectivity index (χ0) is 13.0. The Morgan fingerprint density at radius 1 is 1.50 bits per heavy atom. The predicted molar refractivity (Wildman–Crippen MR) is 71.4 cm³/mol. The van der Waals surface area contributed by atoms with Crippen molar-refractivity contribution < 1.29 is 4.39 Å². The second-order valence-corrected chi connectivity index (χ2v) is 5.07. The third-order valence-electron chi connectivity index (χ3n) is 2.63. The monoisotopic (exact) mass is 285 g/mol. The van der Waals surface area contributed by atoms with Gasteiger partial charge in [0.15, 0.2) is 0 Å². The minimum absolute atomic E-state index is 0.0166. The summed E-state index contributed by atoms with van der Waals surface area (Å²) in [4.78, 5) is 0.997. The number of aromatic nitrogens is 2. The fourth-order valence-electron chi connectivity index (χ4n) is 1.77. The van der Waals surface area contributed by atoms with E-state index in [4.69, 9.17) is 11.6 Å². The Morgan fingerprint density at radius 2 is 2.33 bits per heavy atom. The van der Waals surface area contributed by atoms with Crippen LogP contribution in [0.25, 0.3) is 0 Å². The van der Waals surface area contributed by atoms with Crippen LogP contribution < -0.4 is 5.32 Å². The van der Waals surface area contributed by atoms with Crippen LogP contribution in [-0.2, 0) is 6.42 Å². The molecule has 0 saturated heterocycles. The van der Waals surface area contributed by atoms with Crippen LogP contribution >= 0.6 is 23.1 Å². The molecule has 0 saturated carbocycles. The van der Waals surface area contributed by atoms with Crippen molar-refractivity contribution in [2.45, 2.75) is 19.4 Å². The lowest BCUT2D eigenvalue weighted by Crippen LogP contribution is -2.22. The first-order valence-electron chi connectivity index (χ1n) is 5.66. The molecule has 2 rings (SSSR count). The fourth-order valence-corrected chi connectivity index (χ4v) is 2.54. The summed E-state index contributed by atoms with van der Waals surface area (Å²) in [5, 5.41) is 7.27. The van der Waals surface area contributed by atoms with Crippen LogP contribution in [0, 0.1) is 5.82 Å². The number of nitrogens with zero attached hydrogens (tertiary/aromatic N) is 2. The maximum Gasteiger partial charge on any atom is 0.145 e. The average Bonchev–Trinajstić information content (AvgIpc) is 2.88. The lowest BCUT2D eigenvalue weighted by atomic mass is 10.0. The largest absolute Gasteiger partial charge is 0.309 e. The molecule has 0 amide bonds. The van der Waals surface area contributed by atoms with Gasteiger partial charge in [-0.05, 0) is 36.1 Å². The predicted octanol–water partition coefficient (Wildman–Crippen LogP) is 3.22. The van der Waals surface area contributed by atoms with E-state index in [1.54, 1.807) is 24.4 Å². The van der Waals surface area contributed by atoms with Crippen LogP contribution in [0.2, 0.25) is 5.02 Å². The zero-order valence-corrected chi connectivity index (χ0v) is 11.4. The van der Waals surface area contributed by atoms with Crippen LogP contribution in [0.5, 0.6) is 0 Å². The van der Waals surface area contributed by atoms with Crippen LogP contribution in [0.1, 0.15) is 23.4 Å². The van der Waals surface area contributed by atoms with Crippen LogP contribution in [0.3, 0.4) is 0 Å². The molecule has 0 spiro atoms. The molecule has 1 aromatic heterocycles. The van der Waals surface area contributed by atoms with Crippen molar-refractivity contribution in [1.82, 2.24) is 14.9 Å². The lowest BCUT2D eigenvalue weighted by Gasteiger charge is -2.16. The van der Waals surface area contributed by atoms with E-state index in [-0.39, 0.29) is 16.9 Å². The molecule has 0 fully saturated rings. The molecule has 1 heterocycles. The Hall–Kier alpha value is -1.04. The molecule has 1 N–H and O–H groups in total. The standard InChI is InChI=1S/C12H13ClFN3S/c1-2-15-10(11-7-16-17-18-11)6-8-4-3-5-9(13)12(8)14/h3-5,7,10,15H,2,6H2,1H3. The highest BCUT2D eigenvalue weighted by atomic mass is 35.5. The molecule has 1 unspecified atom stereocenters. The third kappa shape index (κ3) is 3.04. The Morgan fingerprint density at radius 3 is 3.00 bits per heavy atom. The lowest BCUT2D eigenvalue weighted by molar-refractivity contribution is 0.534.